The monoisotopic (exact) mass is 424 g/mol. The minimum absolute atomic E-state index is 0.107. The lowest BCUT2D eigenvalue weighted by Gasteiger charge is -2.18. The van der Waals surface area contributed by atoms with Crippen molar-refractivity contribution in [2.75, 3.05) is 31.5 Å². The van der Waals surface area contributed by atoms with Crippen LogP contribution in [0.5, 0.6) is 0 Å². The van der Waals surface area contributed by atoms with Gasteiger partial charge in [-0.25, -0.2) is 4.79 Å². The van der Waals surface area contributed by atoms with Gasteiger partial charge in [-0.3, -0.25) is 9.59 Å². The number of likely N-dealkylation sites (N-methyl/N-ethyl adjacent to an activating group) is 1. The Morgan fingerprint density at radius 2 is 1.90 bits per heavy atom. The van der Waals surface area contributed by atoms with Crippen molar-refractivity contribution in [1.29, 1.82) is 0 Å². The van der Waals surface area contributed by atoms with Crippen molar-refractivity contribution < 1.29 is 19.5 Å². The number of carboxylic acid groups (broad SMARTS) is 1. The summed E-state index contributed by atoms with van der Waals surface area (Å²) < 4.78 is 0. The van der Waals surface area contributed by atoms with Crippen LogP contribution in [0, 0.1) is 13.8 Å². The van der Waals surface area contributed by atoms with Gasteiger partial charge >= 0.3 is 5.97 Å². The number of aromatic nitrogens is 1. The number of nitrogens with zero attached hydrogens (tertiary/aromatic N) is 1. The Bertz CT molecular complexity index is 1060. The van der Waals surface area contributed by atoms with Crippen molar-refractivity contribution in [3.05, 3.63) is 51.8 Å². The smallest absolute Gasteiger partial charge is 0.335 e. The van der Waals surface area contributed by atoms with E-state index in [0.29, 0.717) is 34.6 Å². The third-order valence-corrected chi connectivity index (χ3v) is 5.65. The molecule has 2 amide bonds. The zero-order valence-corrected chi connectivity index (χ0v) is 18.3. The van der Waals surface area contributed by atoms with Gasteiger partial charge in [0.05, 0.1) is 16.7 Å². The molecule has 0 bridgehead atoms. The second-order valence-electron chi connectivity index (χ2n) is 7.52. The fraction of sp³-hybridized carbons (Fsp3) is 0.348. The molecule has 1 aliphatic heterocycles. The van der Waals surface area contributed by atoms with Crippen LogP contribution in [-0.4, -0.2) is 59.0 Å². The molecule has 164 valence electrons. The van der Waals surface area contributed by atoms with E-state index in [0.717, 1.165) is 30.9 Å². The van der Waals surface area contributed by atoms with E-state index in [2.05, 4.69) is 34.4 Å². The molecule has 0 spiro atoms. The number of hydrogen-bond donors (Lipinski definition) is 4. The third kappa shape index (κ3) is 4.54. The van der Waals surface area contributed by atoms with Crippen molar-refractivity contribution in [2.24, 2.45) is 0 Å². The Balaban J connectivity index is 1.84. The average Bonchev–Trinajstić information content (AvgIpc) is 3.20. The van der Waals surface area contributed by atoms with Gasteiger partial charge in [0.1, 0.15) is 0 Å². The maximum Gasteiger partial charge on any atom is 0.335 e. The number of carbonyl (C=O) groups excluding carboxylic acids is 2. The number of rotatable bonds is 8. The molecule has 0 aliphatic carbocycles. The molecular weight excluding hydrogens is 396 g/mol. The van der Waals surface area contributed by atoms with Crippen molar-refractivity contribution in [2.45, 2.75) is 27.7 Å². The highest BCUT2D eigenvalue weighted by Crippen LogP contribution is 2.34. The minimum Gasteiger partial charge on any atom is -0.478 e. The molecule has 0 saturated heterocycles. The highest BCUT2D eigenvalue weighted by Gasteiger charge is 2.26. The molecule has 2 aromatic rings. The number of fused-ring (bicyclic) bond motifs is 1. The molecule has 2 heterocycles. The third-order valence-electron chi connectivity index (χ3n) is 5.65. The van der Waals surface area contributed by atoms with E-state index in [1.807, 2.05) is 13.8 Å². The van der Waals surface area contributed by atoms with Gasteiger partial charge in [0.25, 0.3) is 11.8 Å². The lowest BCUT2D eigenvalue weighted by molar-refractivity contribution is -0.110. The topological polar surface area (TPSA) is 115 Å². The summed E-state index contributed by atoms with van der Waals surface area (Å²) in [5.41, 5.74) is 4.36. The Morgan fingerprint density at radius 3 is 2.55 bits per heavy atom. The zero-order valence-electron chi connectivity index (χ0n) is 18.3. The second kappa shape index (κ2) is 9.18. The average molecular weight is 425 g/mol. The summed E-state index contributed by atoms with van der Waals surface area (Å²) in [6.07, 6.45) is 1.70. The van der Waals surface area contributed by atoms with Crippen LogP contribution in [-0.2, 0) is 4.79 Å². The summed E-state index contributed by atoms with van der Waals surface area (Å²) in [6, 6.07) is 4.53. The Hall–Kier alpha value is -3.39. The summed E-state index contributed by atoms with van der Waals surface area (Å²) >= 11 is 0. The molecule has 0 unspecified atom stereocenters. The van der Waals surface area contributed by atoms with Crippen LogP contribution < -0.4 is 10.6 Å². The summed E-state index contributed by atoms with van der Waals surface area (Å²) in [6.45, 7) is 11.1. The normalized spacial score (nSPS) is 14.1. The molecule has 1 aliphatic rings. The summed E-state index contributed by atoms with van der Waals surface area (Å²) in [7, 11) is 0. The first-order valence-electron chi connectivity index (χ1n) is 10.4. The molecule has 4 N–H and O–H groups in total. The quantitative estimate of drug-likeness (QED) is 0.487. The first-order chi connectivity index (χ1) is 14.8. The highest BCUT2D eigenvalue weighted by atomic mass is 16.4. The number of carboxylic acids is 1. The summed E-state index contributed by atoms with van der Waals surface area (Å²) in [4.78, 5) is 41.9. The van der Waals surface area contributed by atoms with Crippen LogP contribution >= 0.6 is 0 Å². The van der Waals surface area contributed by atoms with Gasteiger partial charge in [-0.15, -0.1) is 0 Å². The van der Waals surface area contributed by atoms with E-state index >= 15 is 0 Å². The van der Waals surface area contributed by atoms with Gasteiger partial charge < -0.3 is 25.6 Å². The number of aromatic carboxylic acids is 1. The molecule has 3 rings (SSSR count). The van der Waals surface area contributed by atoms with Gasteiger partial charge in [0.15, 0.2) is 0 Å². The van der Waals surface area contributed by atoms with Crippen LogP contribution in [0.1, 0.15) is 57.1 Å². The van der Waals surface area contributed by atoms with Crippen LogP contribution in [0.4, 0.5) is 5.69 Å². The van der Waals surface area contributed by atoms with Crippen molar-refractivity contribution in [3.8, 4) is 0 Å². The number of aryl methyl sites for hydroxylation is 1. The molecule has 1 aromatic heterocycles. The van der Waals surface area contributed by atoms with Crippen LogP contribution in [0.25, 0.3) is 11.6 Å². The van der Waals surface area contributed by atoms with Crippen molar-refractivity contribution >= 4 is 35.1 Å². The number of H-pyrrole nitrogens is 1. The second-order valence-corrected chi connectivity index (χ2v) is 7.52. The largest absolute Gasteiger partial charge is 0.478 e. The Labute approximate surface area is 181 Å². The minimum atomic E-state index is -1.05. The molecule has 0 atom stereocenters. The number of benzene rings is 1. The van der Waals surface area contributed by atoms with Crippen molar-refractivity contribution in [3.63, 3.8) is 0 Å². The van der Waals surface area contributed by atoms with E-state index in [1.165, 1.54) is 12.1 Å². The lowest BCUT2D eigenvalue weighted by atomic mass is 10.0. The Kier molecular flexibility index (Phi) is 6.60. The number of amides is 2. The molecule has 1 aromatic carbocycles. The molecule has 0 saturated carbocycles. The van der Waals surface area contributed by atoms with Crippen molar-refractivity contribution in [1.82, 2.24) is 15.2 Å². The van der Waals surface area contributed by atoms with E-state index in [1.54, 1.807) is 12.1 Å². The molecule has 31 heavy (non-hydrogen) atoms. The predicted molar refractivity (Wildman–Crippen MR) is 120 cm³/mol. The van der Waals surface area contributed by atoms with Gasteiger partial charge in [0.2, 0.25) is 0 Å². The Morgan fingerprint density at radius 1 is 1.19 bits per heavy atom. The fourth-order valence-electron chi connectivity index (χ4n) is 3.83. The van der Waals surface area contributed by atoms with E-state index in [-0.39, 0.29) is 17.4 Å². The van der Waals surface area contributed by atoms with E-state index in [9.17, 15) is 14.4 Å². The maximum atomic E-state index is 12.8. The summed E-state index contributed by atoms with van der Waals surface area (Å²) in [5, 5.41) is 14.8. The maximum absolute atomic E-state index is 12.8. The molecule has 0 fully saturated rings. The number of aromatic amines is 1. The predicted octanol–water partition coefficient (Wildman–Crippen LogP) is 2.89. The zero-order chi connectivity index (χ0) is 22.7. The van der Waals surface area contributed by atoms with Gasteiger partial charge in [0, 0.05) is 35.7 Å². The van der Waals surface area contributed by atoms with Crippen LogP contribution in [0.2, 0.25) is 0 Å². The van der Waals surface area contributed by atoms with Gasteiger partial charge in [-0.05, 0) is 50.7 Å². The van der Waals surface area contributed by atoms with E-state index < -0.39 is 5.97 Å². The standard InChI is InChI=1S/C23H28N4O4/c1-5-27(6-2)10-9-24-22(29)20-13(3)18(25-14(20)4)12-17-16-8-7-15(23(30)31)11-19(16)26-21(17)28/h7-8,11-12,25H,5-6,9-10H2,1-4H3,(H,24,29)(H,26,28)(H,30,31). The first kappa shape index (κ1) is 22.3. The molecule has 8 heteroatoms. The number of carbonyl (C=O) groups is 3. The molecular formula is C23H28N4O4. The van der Waals surface area contributed by atoms with Gasteiger partial charge in [-0.2, -0.15) is 0 Å². The first-order valence-corrected chi connectivity index (χ1v) is 10.4. The number of hydrogen-bond acceptors (Lipinski definition) is 4. The fourth-order valence-corrected chi connectivity index (χ4v) is 3.83. The number of anilines is 1. The highest BCUT2D eigenvalue weighted by molar-refractivity contribution is 6.35. The lowest BCUT2D eigenvalue weighted by Crippen LogP contribution is -2.35. The molecule has 0 radical (unpaired) electrons. The van der Waals surface area contributed by atoms with E-state index in [4.69, 9.17) is 5.11 Å². The summed E-state index contributed by atoms with van der Waals surface area (Å²) in [5.74, 6) is -1.51. The van der Waals surface area contributed by atoms with Crippen LogP contribution in [0.15, 0.2) is 18.2 Å². The van der Waals surface area contributed by atoms with Crippen LogP contribution in [0.3, 0.4) is 0 Å². The SMILES string of the molecule is CCN(CC)CCNC(=O)c1c(C)[nH]c(C=C2C(=O)Nc3cc(C(=O)O)ccc32)c1C. The number of nitrogens with one attached hydrogen (secondary N) is 3. The molecule has 8 nitrogen and oxygen atoms in total. The van der Waals surface area contributed by atoms with Gasteiger partial charge in [-0.1, -0.05) is 19.9 Å².